The quantitative estimate of drug-likeness (QED) is 0.732. The molecule has 2 fully saturated rings. The van der Waals surface area contributed by atoms with E-state index < -0.39 is 11.6 Å². The van der Waals surface area contributed by atoms with Gasteiger partial charge in [0.2, 0.25) is 5.91 Å². The summed E-state index contributed by atoms with van der Waals surface area (Å²) in [5.74, 6) is -0.459. The number of nitrogens with zero attached hydrogens (tertiary/aromatic N) is 2. The number of urea groups is 1. The van der Waals surface area contributed by atoms with Crippen molar-refractivity contribution in [3.05, 3.63) is 0 Å². The fourth-order valence-corrected chi connectivity index (χ4v) is 3.31. The van der Waals surface area contributed by atoms with E-state index in [-0.39, 0.29) is 30.4 Å². The minimum atomic E-state index is -0.846. The van der Waals surface area contributed by atoms with Crippen LogP contribution >= 0.6 is 0 Å². The summed E-state index contributed by atoms with van der Waals surface area (Å²) in [6.45, 7) is 8.79. The van der Waals surface area contributed by atoms with Gasteiger partial charge < -0.3 is 15.5 Å². The first-order valence-corrected chi connectivity index (χ1v) is 8.01. The predicted octanol–water partition coefficient (Wildman–Crippen LogP) is 0.306. The molecule has 0 aromatic rings. The molecule has 7 nitrogen and oxygen atoms in total. The molecule has 2 aliphatic rings. The van der Waals surface area contributed by atoms with Crippen molar-refractivity contribution in [1.82, 2.24) is 20.4 Å². The molecular weight excluding hydrogens is 284 g/mol. The molecule has 0 unspecified atom stereocenters. The Bertz CT molecular complexity index is 465. The number of rotatable bonds is 4. The number of imide groups is 1. The summed E-state index contributed by atoms with van der Waals surface area (Å²) in [5, 5.41) is 6.10. The molecular formula is C15H26N4O3. The van der Waals surface area contributed by atoms with Gasteiger partial charge in [0.25, 0.3) is 5.91 Å². The van der Waals surface area contributed by atoms with E-state index >= 15 is 0 Å². The van der Waals surface area contributed by atoms with Gasteiger partial charge in [-0.15, -0.1) is 0 Å². The lowest BCUT2D eigenvalue weighted by Crippen LogP contribution is -2.57. The van der Waals surface area contributed by atoms with Crippen LogP contribution in [0.4, 0.5) is 4.79 Å². The molecule has 0 spiro atoms. The van der Waals surface area contributed by atoms with Crippen LogP contribution < -0.4 is 10.6 Å². The Balaban J connectivity index is 2.05. The lowest BCUT2D eigenvalue weighted by Gasteiger charge is -2.36. The van der Waals surface area contributed by atoms with Gasteiger partial charge in [-0.3, -0.25) is 14.5 Å². The van der Waals surface area contributed by atoms with E-state index in [2.05, 4.69) is 10.6 Å². The average molecular weight is 310 g/mol. The SMILES string of the molecule is CCC1(CC)NC(=O)N(CC(=O)N2C[C@@H](C)N[C@@H](C)C2)C1=O. The number of carbonyl (C=O) groups excluding carboxylic acids is 3. The van der Waals surface area contributed by atoms with Gasteiger partial charge in [-0.25, -0.2) is 4.79 Å². The summed E-state index contributed by atoms with van der Waals surface area (Å²) in [7, 11) is 0. The van der Waals surface area contributed by atoms with Gasteiger partial charge >= 0.3 is 6.03 Å². The molecule has 0 radical (unpaired) electrons. The standard InChI is InChI=1S/C15H26N4O3/c1-5-15(6-2)13(21)19(14(22)17-15)9-12(20)18-7-10(3)16-11(4)8-18/h10-11,16H,5-9H2,1-4H3,(H,17,22)/t10-,11+. The number of hydrogen-bond donors (Lipinski definition) is 2. The highest BCUT2D eigenvalue weighted by atomic mass is 16.2. The third-order valence-corrected chi connectivity index (χ3v) is 4.66. The molecule has 0 saturated carbocycles. The summed E-state index contributed by atoms with van der Waals surface area (Å²) in [6, 6.07) is -0.0411. The fourth-order valence-electron chi connectivity index (χ4n) is 3.31. The van der Waals surface area contributed by atoms with E-state index in [0.29, 0.717) is 25.9 Å². The summed E-state index contributed by atoms with van der Waals surface area (Å²) in [6.07, 6.45) is 1.06. The van der Waals surface area contributed by atoms with Gasteiger partial charge in [-0.2, -0.15) is 0 Å². The topological polar surface area (TPSA) is 81.8 Å². The molecule has 0 aliphatic carbocycles. The van der Waals surface area contributed by atoms with Crippen molar-refractivity contribution in [2.45, 2.75) is 58.2 Å². The molecule has 124 valence electrons. The summed E-state index contributed by atoms with van der Waals surface area (Å²) in [5.41, 5.74) is -0.846. The van der Waals surface area contributed by atoms with Crippen molar-refractivity contribution in [3.8, 4) is 0 Å². The number of hydrogen-bond acceptors (Lipinski definition) is 4. The first-order valence-electron chi connectivity index (χ1n) is 8.01. The van der Waals surface area contributed by atoms with Crippen LogP contribution in [-0.4, -0.2) is 64.9 Å². The van der Waals surface area contributed by atoms with Gasteiger partial charge in [-0.05, 0) is 26.7 Å². The Morgan fingerprint density at radius 2 is 1.73 bits per heavy atom. The van der Waals surface area contributed by atoms with E-state index in [1.807, 2.05) is 27.7 Å². The maximum Gasteiger partial charge on any atom is 0.325 e. The maximum atomic E-state index is 12.5. The first-order chi connectivity index (χ1) is 10.3. The molecule has 2 saturated heterocycles. The Labute approximate surface area is 131 Å². The minimum Gasteiger partial charge on any atom is -0.338 e. The average Bonchev–Trinajstić information content (AvgIpc) is 2.70. The smallest absolute Gasteiger partial charge is 0.325 e. The number of carbonyl (C=O) groups is 3. The van der Waals surface area contributed by atoms with E-state index in [1.165, 1.54) is 0 Å². The first kappa shape index (κ1) is 16.7. The zero-order valence-corrected chi connectivity index (χ0v) is 13.8. The second kappa shape index (κ2) is 6.24. The second-order valence-corrected chi connectivity index (χ2v) is 6.38. The fraction of sp³-hybridized carbons (Fsp3) is 0.800. The van der Waals surface area contributed by atoms with Crippen LogP contribution in [0.25, 0.3) is 0 Å². The Morgan fingerprint density at radius 3 is 2.18 bits per heavy atom. The number of piperazine rings is 1. The van der Waals surface area contributed by atoms with Crippen LogP contribution in [0.2, 0.25) is 0 Å². The van der Waals surface area contributed by atoms with E-state index in [1.54, 1.807) is 4.90 Å². The monoisotopic (exact) mass is 310 g/mol. The van der Waals surface area contributed by atoms with Crippen LogP contribution in [0.15, 0.2) is 0 Å². The van der Waals surface area contributed by atoms with Crippen molar-refractivity contribution in [1.29, 1.82) is 0 Å². The highest BCUT2D eigenvalue weighted by Gasteiger charge is 2.49. The molecule has 2 rings (SSSR count). The van der Waals surface area contributed by atoms with Crippen LogP contribution in [0.1, 0.15) is 40.5 Å². The molecule has 0 aromatic heterocycles. The Hall–Kier alpha value is -1.63. The van der Waals surface area contributed by atoms with Crippen LogP contribution in [-0.2, 0) is 9.59 Å². The minimum absolute atomic E-state index is 0.174. The molecule has 7 heteroatoms. The summed E-state index contributed by atoms with van der Waals surface area (Å²) >= 11 is 0. The third kappa shape index (κ3) is 2.95. The molecule has 2 heterocycles. The van der Waals surface area contributed by atoms with Crippen LogP contribution in [0.3, 0.4) is 0 Å². The van der Waals surface area contributed by atoms with Crippen molar-refractivity contribution < 1.29 is 14.4 Å². The zero-order valence-electron chi connectivity index (χ0n) is 13.8. The van der Waals surface area contributed by atoms with Crippen molar-refractivity contribution in [2.75, 3.05) is 19.6 Å². The predicted molar refractivity (Wildman–Crippen MR) is 82.2 cm³/mol. The van der Waals surface area contributed by atoms with Crippen molar-refractivity contribution in [3.63, 3.8) is 0 Å². The molecule has 0 bridgehead atoms. The van der Waals surface area contributed by atoms with E-state index in [0.717, 1.165) is 4.90 Å². The molecule has 2 N–H and O–H groups in total. The lowest BCUT2D eigenvalue weighted by atomic mass is 9.93. The number of nitrogens with one attached hydrogen (secondary N) is 2. The van der Waals surface area contributed by atoms with E-state index in [4.69, 9.17) is 0 Å². The van der Waals surface area contributed by atoms with Crippen LogP contribution in [0, 0.1) is 0 Å². The zero-order chi connectivity index (χ0) is 16.5. The second-order valence-electron chi connectivity index (χ2n) is 6.38. The normalized spacial score (nSPS) is 28.0. The van der Waals surface area contributed by atoms with Gasteiger partial charge in [0, 0.05) is 25.2 Å². The Kier molecular flexibility index (Phi) is 4.75. The Morgan fingerprint density at radius 1 is 1.18 bits per heavy atom. The van der Waals surface area contributed by atoms with Crippen molar-refractivity contribution >= 4 is 17.8 Å². The lowest BCUT2D eigenvalue weighted by molar-refractivity contribution is -0.140. The van der Waals surface area contributed by atoms with Gasteiger partial charge in [0.15, 0.2) is 0 Å². The molecule has 0 aromatic carbocycles. The maximum absolute atomic E-state index is 12.5. The molecule has 2 aliphatic heterocycles. The molecule has 4 amide bonds. The molecule has 22 heavy (non-hydrogen) atoms. The largest absolute Gasteiger partial charge is 0.338 e. The van der Waals surface area contributed by atoms with Gasteiger partial charge in [0.1, 0.15) is 12.1 Å². The summed E-state index contributed by atoms with van der Waals surface area (Å²) < 4.78 is 0. The number of amides is 4. The van der Waals surface area contributed by atoms with E-state index in [9.17, 15) is 14.4 Å². The van der Waals surface area contributed by atoms with Gasteiger partial charge in [-0.1, -0.05) is 13.8 Å². The summed E-state index contributed by atoms with van der Waals surface area (Å²) in [4.78, 5) is 39.8. The highest BCUT2D eigenvalue weighted by Crippen LogP contribution is 2.24. The highest BCUT2D eigenvalue weighted by molar-refractivity contribution is 6.08. The van der Waals surface area contributed by atoms with Crippen LogP contribution in [0.5, 0.6) is 0 Å². The third-order valence-electron chi connectivity index (χ3n) is 4.66. The van der Waals surface area contributed by atoms with Crippen molar-refractivity contribution in [2.24, 2.45) is 0 Å². The molecule has 2 atom stereocenters. The van der Waals surface area contributed by atoms with Gasteiger partial charge in [0.05, 0.1) is 0 Å².